The molecule has 0 unspecified atom stereocenters. The maximum atomic E-state index is 4.59. The lowest BCUT2D eigenvalue weighted by Gasteiger charge is -2.11. The number of nitrogens with zero attached hydrogens (tertiary/aromatic N) is 4. The van der Waals surface area contributed by atoms with Crippen molar-refractivity contribution in [2.45, 2.75) is 6.92 Å². The Labute approximate surface area is 158 Å². The van der Waals surface area contributed by atoms with Crippen molar-refractivity contribution in [3.05, 3.63) is 96.8 Å². The first-order chi connectivity index (χ1) is 13.3. The van der Waals surface area contributed by atoms with E-state index in [-0.39, 0.29) is 0 Å². The summed E-state index contributed by atoms with van der Waals surface area (Å²) in [5.74, 6) is 0. The minimum atomic E-state index is 0.762. The van der Waals surface area contributed by atoms with E-state index in [4.69, 9.17) is 0 Å². The Kier molecular flexibility index (Phi) is 4.79. The Morgan fingerprint density at radius 1 is 0.667 bits per heavy atom. The van der Waals surface area contributed by atoms with Crippen LogP contribution in [-0.2, 0) is 0 Å². The van der Waals surface area contributed by atoms with Crippen LogP contribution in [0.2, 0.25) is 0 Å². The second kappa shape index (κ2) is 7.70. The van der Waals surface area contributed by atoms with Crippen molar-refractivity contribution in [3.63, 3.8) is 0 Å². The monoisotopic (exact) mass is 350 g/mol. The highest BCUT2D eigenvalue weighted by atomic mass is 15.1. The van der Waals surface area contributed by atoms with Gasteiger partial charge in [-0.1, -0.05) is 54.1 Å². The summed E-state index contributed by atoms with van der Waals surface area (Å²) in [6, 6.07) is 25.8. The van der Waals surface area contributed by atoms with Crippen LogP contribution in [0.3, 0.4) is 0 Å². The summed E-state index contributed by atoms with van der Waals surface area (Å²) in [5.41, 5.74) is 6.33. The molecule has 0 bridgehead atoms. The molecule has 4 aromatic rings. The molecule has 2 heterocycles. The van der Waals surface area contributed by atoms with Gasteiger partial charge < -0.3 is 0 Å². The van der Waals surface area contributed by atoms with Crippen LogP contribution < -0.4 is 0 Å². The lowest BCUT2D eigenvalue weighted by molar-refractivity contribution is 1.19. The van der Waals surface area contributed by atoms with Gasteiger partial charge in [-0.3, -0.25) is 9.97 Å². The first-order valence-electron chi connectivity index (χ1n) is 8.75. The van der Waals surface area contributed by atoms with Crippen LogP contribution in [0.5, 0.6) is 0 Å². The van der Waals surface area contributed by atoms with Crippen molar-refractivity contribution in [1.82, 2.24) is 9.97 Å². The molecule has 0 saturated carbocycles. The lowest BCUT2D eigenvalue weighted by Crippen LogP contribution is -1.91. The summed E-state index contributed by atoms with van der Waals surface area (Å²) in [6.45, 7) is 2.05. The molecule has 4 nitrogen and oxygen atoms in total. The molecule has 27 heavy (non-hydrogen) atoms. The van der Waals surface area contributed by atoms with Crippen LogP contribution >= 0.6 is 0 Å². The summed E-state index contributed by atoms with van der Waals surface area (Å²) in [4.78, 5) is 9.06. The molecule has 0 atom stereocenters. The maximum absolute atomic E-state index is 4.59. The molecule has 0 aliphatic carbocycles. The van der Waals surface area contributed by atoms with Crippen LogP contribution in [0.4, 0.5) is 11.4 Å². The summed E-state index contributed by atoms with van der Waals surface area (Å²) >= 11 is 0. The van der Waals surface area contributed by atoms with Crippen molar-refractivity contribution in [3.8, 4) is 22.5 Å². The summed E-state index contributed by atoms with van der Waals surface area (Å²) in [6.07, 6.45) is 3.52. The highest BCUT2D eigenvalue weighted by molar-refractivity contribution is 5.87. The predicted octanol–water partition coefficient (Wildman–Crippen LogP) is 6.53. The topological polar surface area (TPSA) is 50.5 Å². The molecular formula is C23H18N4. The molecule has 0 aliphatic rings. The van der Waals surface area contributed by atoms with E-state index >= 15 is 0 Å². The maximum Gasteiger partial charge on any atom is 0.0986 e. The number of aryl methyl sites for hydroxylation is 1. The van der Waals surface area contributed by atoms with Gasteiger partial charge in [-0.25, -0.2) is 0 Å². The largest absolute Gasteiger partial charge is 0.255 e. The zero-order chi connectivity index (χ0) is 18.5. The Balaban J connectivity index is 1.85. The van der Waals surface area contributed by atoms with Gasteiger partial charge in [0.2, 0.25) is 0 Å². The highest BCUT2D eigenvalue weighted by Gasteiger charge is 2.14. The molecule has 0 aliphatic heterocycles. The molecular weight excluding hydrogens is 332 g/mol. The van der Waals surface area contributed by atoms with Crippen molar-refractivity contribution in [2.24, 2.45) is 10.2 Å². The molecule has 0 fully saturated rings. The third-order valence-corrected chi connectivity index (χ3v) is 4.21. The van der Waals surface area contributed by atoms with Gasteiger partial charge in [-0.15, -0.1) is 5.11 Å². The summed E-state index contributed by atoms with van der Waals surface area (Å²) in [5, 5.41) is 8.94. The van der Waals surface area contributed by atoms with E-state index in [1.165, 1.54) is 5.56 Å². The van der Waals surface area contributed by atoms with Crippen molar-refractivity contribution in [1.29, 1.82) is 0 Å². The van der Waals surface area contributed by atoms with E-state index in [0.29, 0.717) is 0 Å². The first-order valence-corrected chi connectivity index (χ1v) is 8.75. The molecule has 0 amide bonds. The average molecular weight is 350 g/mol. The molecule has 130 valence electrons. The van der Waals surface area contributed by atoms with Crippen LogP contribution in [0.1, 0.15) is 5.56 Å². The quantitative estimate of drug-likeness (QED) is 0.393. The molecule has 0 radical (unpaired) electrons. The van der Waals surface area contributed by atoms with Gasteiger partial charge in [-0.05, 0) is 42.8 Å². The van der Waals surface area contributed by atoms with Gasteiger partial charge in [0.25, 0.3) is 0 Å². The Morgan fingerprint density at radius 2 is 1.44 bits per heavy atom. The van der Waals surface area contributed by atoms with Gasteiger partial charge >= 0.3 is 0 Å². The average Bonchev–Trinajstić information content (AvgIpc) is 2.74. The standard InChI is InChI=1S/C23H18N4/c1-17-10-12-19(13-11-17)26-27-20-14-16-25-23(21-9-5-6-15-24-21)22(20)18-7-3-2-4-8-18/h2-16H,1H3. The van der Waals surface area contributed by atoms with Gasteiger partial charge in [0.1, 0.15) is 0 Å². The van der Waals surface area contributed by atoms with E-state index in [9.17, 15) is 0 Å². The molecule has 4 rings (SSSR count). The number of benzene rings is 2. The lowest BCUT2D eigenvalue weighted by atomic mass is 10.0. The minimum absolute atomic E-state index is 0.762. The van der Waals surface area contributed by atoms with E-state index in [1.807, 2.05) is 78.9 Å². The number of aromatic nitrogens is 2. The Bertz CT molecular complexity index is 1060. The Morgan fingerprint density at radius 3 is 2.19 bits per heavy atom. The molecule has 0 saturated heterocycles. The normalized spacial score (nSPS) is 11.0. The van der Waals surface area contributed by atoms with Crippen LogP contribution in [0.15, 0.2) is 101 Å². The van der Waals surface area contributed by atoms with Crippen molar-refractivity contribution in [2.75, 3.05) is 0 Å². The van der Waals surface area contributed by atoms with Gasteiger partial charge in [-0.2, -0.15) is 5.11 Å². The van der Waals surface area contributed by atoms with Crippen molar-refractivity contribution >= 4 is 11.4 Å². The smallest absolute Gasteiger partial charge is 0.0986 e. The number of rotatable bonds is 4. The van der Waals surface area contributed by atoms with Gasteiger partial charge in [0, 0.05) is 18.0 Å². The second-order valence-electron chi connectivity index (χ2n) is 6.17. The van der Waals surface area contributed by atoms with Crippen molar-refractivity contribution < 1.29 is 0 Å². The molecule has 4 heteroatoms. The Hall–Kier alpha value is -3.66. The van der Waals surface area contributed by atoms with Crippen LogP contribution in [0.25, 0.3) is 22.5 Å². The number of pyridine rings is 2. The SMILES string of the molecule is Cc1ccc(N=Nc2ccnc(-c3ccccn3)c2-c2ccccc2)cc1. The fourth-order valence-electron chi connectivity index (χ4n) is 2.84. The van der Waals surface area contributed by atoms with Crippen LogP contribution in [-0.4, -0.2) is 9.97 Å². The fraction of sp³-hybridized carbons (Fsp3) is 0.0435. The van der Waals surface area contributed by atoms with E-state index in [0.717, 1.165) is 33.9 Å². The molecule has 2 aromatic carbocycles. The van der Waals surface area contributed by atoms with E-state index < -0.39 is 0 Å². The number of hydrogen-bond donors (Lipinski definition) is 0. The van der Waals surface area contributed by atoms with Crippen LogP contribution in [0, 0.1) is 6.92 Å². The first kappa shape index (κ1) is 16.8. The second-order valence-corrected chi connectivity index (χ2v) is 6.17. The van der Waals surface area contributed by atoms with Gasteiger partial charge in [0.05, 0.1) is 22.8 Å². The minimum Gasteiger partial charge on any atom is -0.255 e. The number of hydrogen-bond acceptors (Lipinski definition) is 4. The zero-order valence-corrected chi connectivity index (χ0v) is 14.9. The highest BCUT2D eigenvalue weighted by Crippen LogP contribution is 2.37. The summed E-state index contributed by atoms with van der Waals surface area (Å²) in [7, 11) is 0. The number of azo groups is 1. The third kappa shape index (κ3) is 3.80. The van der Waals surface area contributed by atoms with E-state index in [2.05, 4.69) is 27.1 Å². The van der Waals surface area contributed by atoms with Gasteiger partial charge in [0.15, 0.2) is 0 Å². The molecule has 2 aromatic heterocycles. The van der Waals surface area contributed by atoms with E-state index in [1.54, 1.807) is 12.4 Å². The fourth-order valence-corrected chi connectivity index (χ4v) is 2.84. The summed E-state index contributed by atoms with van der Waals surface area (Å²) < 4.78 is 0. The third-order valence-electron chi connectivity index (χ3n) is 4.21. The zero-order valence-electron chi connectivity index (χ0n) is 14.9. The predicted molar refractivity (Wildman–Crippen MR) is 108 cm³/mol. The molecule has 0 spiro atoms. The molecule has 0 N–H and O–H groups in total.